The first-order chi connectivity index (χ1) is 8.49. The molecule has 0 aromatic carbocycles. The number of pyridine rings is 1. The quantitative estimate of drug-likeness (QED) is 0.590. The van der Waals surface area contributed by atoms with Crippen LogP contribution >= 0.6 is 22.6 Å². The SMILES string of the molecule is CCOC(=O)Cc1cc(I)c(OC)c(C(F)F)n1. The van der Waals surface area contributed by atoms with E-state index in [1.54, 1.807) is 6.92 Å². The molecule has 0 atom stereocenters. The van der Waals surface area contributed by atoms with Gasteiger partial charge in [-0.25, -0.2) is 13.8 Å². The Morgan fingerprint density at radius 3 is 2.72 bits per heavy atom. The van der Waals surface area contributed by atoms with Crippen molar-refractivity contribution in [1.29, 1.82) is 0 Å². The summed E-state index contributed by atoms with van der Waals surface area (Å²) in [6.45, 7) is 1.92. The highest BCUT2D eigenvalue weighted by Crippen LogP contribution is 2.32. The molecule has 7 heteroatoms. The Labute approximate surface area is 117 Å². The second-order valence-corrected chi connectivity index (χ2v) is 4.46. The van der Waals surface area contributed by atoms with Crippen molar-refractivity contribution in [2.24, 2.45) is 0 Å². The Balaban J connectivity index is 3.05. The summed E-state index contributed by atoms with van der Waals surface area (Å²) in [4.78, 5) is 15.0. The first kappa shape index (κ1) is 15.1. The Morgan fingerprint density at radius 1 is 1.56 bits per heavy atom. The molecule has 0 saturated heterocycles. The van der Waals surface area contributed by atoms with Gasteiger partial charge in [-0.1, -0.05) is 0 Å². The zero-order valence-corrected chi connectivity index (χ0v) is 12.0. The van der Waals surface area contributed by atoms with Crippen LogP contribution in [0.3, 0.4) is 0 Å². The van der Waals surface area contributed by atoms with Crippen LogP contribution in [0.2, 0.25) is 0 Å². The number of hydrogen-bond acceptors (Lipinski definition) is 4. The molecule has 0 fully saturated rings. The molecule has 0 amide bonds. The van der Waals surface area contributed by atoms with Gasteiger partial charge in [0.15, 0.2) is 5.75 Å². The number of carbonyl (C=O) groups excluding carboxylic acids is 1. The topological polar surface area (TPSA) is 48.4 Å². The Hall–Kier alpha value is -0.990. The van der Waals surface area contributed by atoms with Crippen LogP contribution in [-0.4, -0.2) is 24.7 Å². The van der Waals surface area contributed by atoms with Gasteiger partial charge in [0.05, 0.1) is 29.4 Å². The van der Waals surface area contributed by atoms with Crippen LogP contribution in [-0.2, 0) is 16.0 Å². The van der Waals surface area contributed by atoms with E-state index in [1.165, 1.54) is 13.2 Å². The van der Waals surface area contributed by atoms with Gasteiger partial charge in [-0.2, -0.15) is 0 Å². The van der Waals surface area contributed by atoms with Gasteiger partial charge >= 0.3 is 5.97 Å². The lowest BCUT2D eigenvalue weighted by Crippen LogP contribution is -2.11. The highest BCUT2D eigenvalue weighted by atomic mass is 127. The van der Waals surface area contributed by atoms with Crippen molar-refractivity contribution in [1.82, 2.24) is 4.98 Å². The van der Waals surface area contributed by atoms with Gasteiger partial charge in [-0.15, -0.1) is 0 Å². The molecule has 18 heavy (non-hydrogen) atoms. The van der Waals surface area contributed by atoms with E-state index in [-0.39, 0.29) is 24.5 Å². The van der Waals surface area contributed by atoms with Gasteiger partial charge in [0.2, 0.25) is 0 Å². The third-order valence-electron chi connectivity index (χ3n) is 2.05. The number of methoxy groups -OCH3 is 1. The van der Waals surface area contributed by atoms with Gasteiger partial charge in [0.1, 0.15) is 5.69 Å². The summed E-state index contributed by atoms with van der Waals surface area (Å²) >= 11 is 1.86. The minimum atomic E-state index is -2.75. The number of alkyl halides is 2. The van der Waals surface area contributed by atoms with Crippen LogP contribution in [0.15, 0.2) is 6.07 Å². The molecule has 0 N–H and O–H groups in total. The molecule has 0 aliphatic heterocycles. The van der Waals surface area contributed by atoms with Crippen molar-refractivity contribution in [3.8, 4) is 5.75 Å². The Bertz CT molecular complexity index is 441. The van der Waals surface area contributed by atoms with Crippen LogP contribution in [0.25, 0.3) is 0 Å². The molecule has 1 heterocycles. The average molecular weight is 371 g/mol. The zero-order chi connectivity index (χ0) is 13.7. The lowest BCUT2D eigenvalue weighted by atomic mass is 10.2. The molecule has 4 nitrogen and oxygen atoms in total. The fourth-order valence-corrected chi connectivity index (χ4v) is 2.23. The van der Waals surface area contributed by atoms with Gasteiger partial charge < -0.3 is 9.47 Å². The Kier molecular flexibility index (Phi) is 5.70. The molecular formula is C11H12F2INO3. The van der Waals surface area contributed by atoms with Crippen molar-refractivity contribution in [3.05, 3.63) is 21.0 Å². The maximum absolute atomic E-state index is 12.8. The summed E-state index contributed by atoms with van der Waals surface area (Å²) in [7, 11) is 1.30. The smallest absolute Gasteiger partial charge is 0.311 e. The van der Waals surface area contributed by atoms with E-state index in [0.29, 0.717) is 3.57 Å². The third-order valence-corrected chi connectivity index (χ3v) is 2.85. The molecule has 0 aliphatic rings. The average Bonchev–Trinajstić information content (AvgIpc) is 2.28. The van der Waals surface area contributed by atoms with Gasteiger partial charge in [-0.05, 0) is 35.6 Å². The van der Waals surface area contributed by atoms with Crippen LogP contribution in [0.4, 0.5) is 8.78 Å². The van der Waals surface area contributed by atoms with E-state index in [2.05, 4.69) is 4.98 Å². The van der Waals surface area contributed by atoms with Crippen molar-refractivity contribution in [2.75, 3.05) is 13.7 Å². The van der Waals surface area contributed by atoms with E-state index >= 15 is 0 Å². The molecule has 100 valence electrons. The van der Waals surface area contributed by atoms with Gasteiger partial charge in [0.25, 0.3) is 6.43 Å². The van der Waals surface area contributed by atoms with E-state index in [4.69, 9.17) is 9.47 Å². The highest BCUT2D eigenvalue weighted by molar-refractivity contribution is 14.1. The standard InChI is InChI=1S/C11H12F2INO3/c1-3-18-8(16)5-6-4-7(14)10(17-2)9(15-6)11(12)13/h4,11H,3,5H2,1-2H3. The van der Waals surface area contributed by atoms with Crippen molar-refractivity contribution >= 4 is 28.6 Å². The fourth-order valence-electron chi connectivity index (χ4n) is 1.37. The minimum Gasteiger partial charge on any atom is -0.493 e. The number of esters is 1. The summed E-state index contributed by atoms with van der Waals surface area (Å²) < 4.78 is 35.7. The highest BCUT2D eigenvalue weighted by Gasteiger charge is 2.20. The molecule has 0 saturated carbocycles. The van der Waals surface area contributed by atoms with E-state index in [9.17, 15) is 13.6 Å². The maximum atomic E-state index is 12.8. The van der Waals surface area contributed by atoms with E-state index < -0.39 is 18.1 Å². The molecule has 0 bridgehead atoms. The Morgan fingerprint density at radius 2 is 2.22 bits per heavy atom. The number of nitrogens with zero attached hydrogens (tertiary/aromatic N) is 1. The molecule has 0 spiro atoms. The molecule has 0 aliphatic carbocycles. The third kappa shape index (κ3) is 3.76. The van der Waals surface area contributed by atoms with Gasteiger partial charge in [-0.3, -0.25) is 4.79 Å². The zero-order valence-electron chi connectivity index (χ0n) is 9.87. The van der Waals surface area contributed by atoms with E-state index in [0.717, 1.165) is 0 Å². The molecule has 1 aromatic rings. The molecular weight excluding hydrogens is 359 g/mol. The second kappa shape index (κ2) is 6.81. The normalized spacial score (nSPS) is 10.6. The van der Waals surface area contributed by atoms with Crippen LogP contribution in [0.1, 0.15) is 24.7 Å². The first-order valence-corrected chi connectivity index (χ1v) is 6.24. The lowest BCUT2D eigenvalue weighted by Gasteiger charge is -2.11. The fraction of sp³-hybridized carbons (Fsp3) is 0.455. The number of aromatic nitrogens is 1. The predicted octanol–water partition coefficient (Wildman–Crippen LogP) is 2.74. The first-order valence-electron chi connectivity index (χ1n) is 5.16. The van der Waals surface area contributed by atoms with Crippen molar-refractivity contribution in [2.45, 2.75) is 19.8 Å². The second-order valence-electron chi connectivity index (χ2n) is 3.30. The van der Waals surface area contributed by atoms with Gasteiger partial charge in [0, 0.05) is 0 Å². The summed E-state index contributed by atoms with van der Waals surface area (Å²) in [6.07, 6.45) is -2.89. The molecule has 0 unspecified atom stereocenters. The summed E-state index contributed by atoms with van der Waals surface area (Å²) in [5.74, 6) is -0.454. The maximum Gasteiger partial charge on any atom is 0.311 e. The number of hydrogen-bond donors (Lipinski definition) is 0. The van der Waals surface area contributed by atoms with Crippen LogP contribution < -0.4 is 4.74 Å². The van der Waals surface area contributed by atoms with Crippen LogP contribution in [0, 0.1) is 3.57 Å². The summed E-state index contributed by atoms with van der Waals surface area (Å²) in [5.41, 5.74) is -0.211. The molecule has 1 aromatic heterocycles. The summed E-state index contributed by atoms with van der Waals surface area (Å²) in [6, 6.07) is 1.53. The molecule has 0 radical (unpaired) electrons. The summed E-state index contributed by atoms with van der Waals surface area (Å²) in [5, 5.41) is 0. The monoisotopic (exact) mass is 371 g/mol. The van der Waals surface area contributed by atoms with Crippen molar-refractivity contribution in [3.63, 3.8) is 0 Å². The van der Waals surface area contributed by atoms with Crippen molar-refractivity contribution < 1.29 is 23.0 Å². The number of ether oxygens (including phenoxy) is 2. The minimum absolute atomic E-state index is 0.0400. The van der Waals surface area contributed by atoms with Crippen LogP contribution in [0.5, 0.6) is 5.75 Å². The molecule has 1 rings (SSSR count). The number of carbonyl (C=O) groups is 1. The van der Waals surface area contributed by atoms with E-state index in [1.807, 2.05) is 22.6 Å². The lowest BCUT2D eigenvalue weighted by molar-refractivity contribution is -0.142. The predicted molar refractivity (Wildman–Crippen MR) is 68.8 cm³/mol. The number of halogens is 3. The largest absolute Gasteiger partial charge is 0.493 e. The number of rotatable bonds is 5.